The number of aryl methyl sites for hydroxylation is 1. The van der Waals surface area contributed by atoms with Crippen molar-refractivity contribution in [3.8, 4) is 5.75 Å². The first-order valence-corrected chi connectivity index (χ1v) is 9.96. The highest BCUT2D eigenvalue weighted by Crippen LogP contribution is 2.31. The Hall–Kier alpha value is -2.61. The molecule has 0 aliphatic carbocycles. The lowest BCUT2D eigenvalue weighted by Gasteiger charge is -2.33. The molecule has 1 saturated heterocycles. The number of thiazole rings is 1. The molecule has 3 heterocycles. The summed E-state index contributed by atoms with van der Waals surface area (Å²) in [5.74, 6) is 0.662. The fraction of sp³-hybridized carbons (Fsp3) is 0.421. The van der Waals surface area contributed by atoms with Gasteiger partial charge in [0.1, 0.15) is 17.9 Å². The predicted molar refractivity (Wildman–Crippen MR) is 99.1 cm³/mol. The Kier molecular flexibility index (Phi) is 4.73. The van der Waals surface area contributed by atoms with Gasteiger partial charge in [-0.1, -0.05) is 6.92 Å². The van der Waals surface area contributed by atoms with E-state index in [0.717, 1.165) is 38.2 Å². The van der Waals surface area contributed by atoms with Crippen molar-refractivity contribution in [1.29, 1.82) is 0 Å². The van der Waals surface area contributed by atoms with E-state index >= 15 is 0 Å². The van der Waals surface area contributed by atoms with Crippen LogP contribution in [0.4, 0.5) is 4.79 Å². The number of likely N-dealkylation sites (tertiary alicyclic amines) is 1. The zero-order valence-corrected chi connectivity index (χ0v) is 15.9. The van der Waals surface area contributed by atoms with Gasteiger partial charge in [0.05, 0.1) is 21.2 Å². The molecule has 0 unspecified atom stereocenters. The quantitative estimate of drug-likeness (QED) is 0.547. The molecule has 27 heavy (non-hydrogen) atoms. The van der Waals surface area contributed by atoms with Crippen LogP contribution in [0.3, 0.4) is 0 Å². The van der Waals surface area contributed by atoms with Gasteiger partial charge in [-0.05, 0) is 25.0 Å². The maximum absolute atomic E-state index is 10.9. The number of ether oxygens (including phenoxy) is 1. The second kappa shape index (κ2) is 7.19. The number of rotatable bonds is 4. The predicted octanol–water partition coefficient (Wildman–Crippen LogP) is 2.11. The van der Waals surface area contributed by atoms with E-state index in [-0.39, 0.29) is 6.10 Å². The third-order valence-electron chi connectivity index (χ3n) is 4.87. The largest absolute Gasteiger partial charge is 0.530 e. The van der Waals surface area contributed by atoms with Crippen molar-refractivity contribution < 1.29 is 24.6 Å². The van der Waals surface area contributed by atoms with Crippen LogP contribution < -0.4 is 14.6 Å². The molecule has 0 saturated carbocycles. The van der Waals surface area contributed by atoms with Crippen LogP contribution in [0.25, 0.3) is 21.1 Å². The highest BCUT2D eigenvalue weighted by Gasteiger charge is 2.22. The lowest BCUT2D eigenvalue weighted by atomic mass is 10.1. The monoisotopic (exact) mass is 387 g/mol. The fourth-order valence-electron chi connectivity index (χ4n) is 3.48. The average molecular weight is 387 g/mol. The van der Waals surface area contributed by atoms with Gasteiger partial charge < -0.3 is 19.5 Å². The lowest BCUT2D eigenvalue weighted by molar-refractivity contribution is -0.883. The SMILES string of the molecule is CCCc1nc2c[n+](O)c3cc(OC4CCN(C(=O)[O-])CC4)ccc3c2s1. The number of hydrogen-bond donors (Lipinski definition) is 1. The molecule has 0 spiro atoms. The number of nitrogens with zero attached hydrogens (tertiary/aromatic N) is 3. The van der Waals surface area contributed by atoms with Gasteiger partial charge in [0.15, 0.2) is 5.52 Å². The van der Waals surface area contributed by atoms with Crippen molar-refractivity contribution in [2.45, 2.75) is 38.7 Å². The molecule has 1 aromatic carbocycles. The maximum atomic E-state index is 10.9. The number of fused-ring (bicyclic) bond motifs is 3. The second-order valence-corrected chi connectivity index (χ2v) is 7.88. The molecule has 1 N–H and O–H groups in total. The first-order valence-electron chi connectivity index (χ1n) is 9.15. The topological polar surface area (TPSA) is 89.6 Å². The molecule has 8 heteroatoms. The molecule has 1 amide bonds. The van der Waals surface area contributed by atoms with Gasteiger partial charge in [-0.3, -0.25) is 5.21 Å². The number of carbonyl (C=O) groups is 1. The molecular weight excluding hydrogens is 366 g/mol. The number of carbonyl (C=O) groups excluding carboxylic acids is 1. The molecule has 0 radical (unpaired) electrons. The summed E-state index contributed by atoms with van der Waals surface area (Å²) in [7, 11) is 0. The summed E-state index contributed by atoms with van der Waals surface area (Å²) >= 11 is 1.66. The third-order valence-corrected chi connectivity index (χ3v) is 6.03. The van der Waals surface area contributed by atoms with Crippen molar-refractivity contribution in [2.75, 3.05) is 13.1 Å². The minimum absolute atomic E-state index is 0.0477. The van der Waals surface area contributed by atoms with E-state index in [4.69, 9.17) is 4.74 Å². The summed E-state index contributed by atoms with van der Waals surface area (Å²) in [5.41, 5.74) is 1.46. The number of pyridine rings is 1. The van der Waals surface area contributed by atoms with Gasteiger partial charge in [-0.25, -0.2) is 4.98 Å². The van der Waals surface area contributed by atoms with Crippen molar-refractivity contribution >= 4 is 38.5 Å². The molecule has 3 aromatic rings. The Morgan fingerprint density at radius 1 is 1.44 bits per heavy atom. The standard InChI is InChI=1S/C19H21N3O4S/c1-2-3-17-20-15-11-22(25)16-10-13(4-5-14(16)18(15)27-17)26-12-6-8-21(9-7-12)19(23)24/h4-5,10-12H,2-3,6-9H2,1H3,(H-,23,24,25). The van der Waals surface area contributed by atoms with E-state index in [9.17, 15) is 15.1 Å². The van der Waals surface area contributed by atoms with Gasteiger partial charge in [-0.2, -0.15) is 0 Å². The molecule has 4 rings (SSSR count). The second-order valence-electron chi connectivity index (χ2n) is 6.79. The Bertz CT molecular complexity index is 995. The molecule has 2 aromatic heterocycles. The fourth-order valence-corrected chi connectivity index (χ4v) is 4.65. The van der Waals surface area contributed by atoms with E-state index in [1.54, 1.807) is 17.5 Å². The van der Waals surface area contributed by atoms with E-state index in [1.807, 2.05) is 18.2 Å². The Morgan fingerprint density at radius 2 is 2.22 bits per heavy atom. The van der Waals surface area contributed by atoms with Crippen molar-refractivity contribution in [2.24, 2.45) is 0 Å². The van der Waals surface area contributed by atoms with E-state index in [0.29, 0.717) is 37.2 Å². The molecule has 142 valence electrons. The van der Waals surface area contributed by atoms with Crippen LogP contribution in [-0.2, 0) is 6.42 Å². The Labute approximate surface area is 160 Å². The van der Waals surface area contributed by atoms with Crippen molar-refractivity contribution in [3.05, 3.63) is 29.4 Å². The molecule has 0 bridgehead atoms. The summed E-state index contributed by atoms with van der Waals surface area (Å²) in [6.07, 6.45) is 3.67. The van der Waals surface area contributed by atoms with Gasteiger partial charge in [0.25, 0.3) is 5.52 Å². The molecule has 1 fully saturated rings. The van der Waals surface area contributed by atoms with Gasteiger partial charge in [0.2, 0.25) is 6.20 Å². The van der Waals surface area contributed by atoms with Crippen LogP contribution in [0.1, 0.15) is 31.2 Å². The minimum atomic E-state index is -1.13. The zero-order chi connectivity index (χ0) is 19.0. The van der Waals surface area contributed by atoms with Crippen LogP contribution in [0.2, 0.25) is 0 Å². The number of aromatic nitrogens is 2. The van der Waals surface area contributed by atoms with E-state index < -0.39 is 6.09 Å². The Morgan fingerprint density at radius 3 is 2.93 bits per heavy atom. The normalized spacial score (nSPS) is 15.5. The zero-order valence-electron chi connectivity index (χ0n) is 15.1. The Balaban J connectivity index is 1.59. The first-order chi connectivity index (χ1) is 13.0. The third kappa shape index (κ3) is 3.49. The maximum Gasteiger partial charge on any atom is 0.269 e. The highest BCUT2D eigenvalue weighted by atomic mass is 32.1. The van der Waals surface area contributed by atoms with Crippen LogP contribution in [-0.4, -0.2) is 40.4 Å². The number of piperidine rings is 1. The summed E-state index contributed by atoms with van der Waals surface area (Å²) in [4.78, 5) is 16.8. The molecule has 0 atom stereocenters. The molecular formula is C19H21N3O4S. The number of benzene rings is 1. The summed E-state index contributed by atoms with van der Waals surface area (Å²) in [5, 5.41) is 23.3. The van der Waals surface area contributed by atoms with Gasteiger partial charge in [-0.15, -0.1) is 11.3 Å². The van der Waals surface area contributed by atoms with E-state index in [1.165, 1.54) is 4.90 Å². The highest BCUT2D eigenvalue weighted by molar-refractivity contribution is 7.19. The number of hydrogen-bond acceptors (Lipinski definition) is 6. The summed E-state index contributed by atoms with van der Waals surface area (Å²) in [6.45, 7) is 2.96. The summed E-state index contributed by atoms with van der Waals surface area (Å²) in [6, 6.07) is 5.66. The van der Waals surface area contributed by atoms with Crippen LogP contribution in [0.15, 0.2) is 24.4 Å². The average Bonchev–Trinajstić information content (AvgIpc) is 3.05. The van der Waals surface area contributed by atoms with E-state index in [2.05, 4.69) is 11.9 Å². The van der Waals surface area contributed by atoms with Crippen LogP contribution in [0.5, 0.6) is 5.75 Å². The van der Waals surface area contributed by atoms with Gasteiger partial charge in [0, 0.05) is 30.7 Å². The van der Waals surface area contributed by atoms with Gasteiger partial charge >= 0.3 is 0 Å². The summed E-state index contributed by atoms with van der Waals surface area (Å²) < 4.78 is 8.18. The lowest BCUT2D eigenvalue weighted by Crippen LogP contribution is -2.47. The molecule has 1 aliphatic rings. The van der Waals surface area contributed by atoms with Crippen LogP contribution >= 0.6 is 11.3 Å². The minimum Gasteiger partial charge on any atom is -0.530 e. The smallest absolute Gasteiger partial charge is 0.269 e. The van der Waals surface area contributed by atoms with Crippen LogP contribution in [0, 0.1) is 0 Å². The number of amides is 1. The van der Waals surface area contributed by atoms with Crippen molar-refractivity contribution in [1.82, 2.24) is 9.88 Å². The first kappa shape index (κ1) is 17.8. The van der Waals surface area contributed by atoms with Crippen molar-refractivity contribution in [3.63, 3.8) is 0 Å². The molecule has 7 nitrogen and oxygen atoms in total. The molecule has 1 aliphatic heterocycles. The number of carboxylic acid groups (broad SMARTS) is 1.